The maximum Gasteiger partial charge on any atom is 0.409 e. The first-order chi connectivity index (χ1) is 16.4. The molecule has 12 heteroatoms. The lowest BCUT2D eigenvalue weighted by molar-refractivity contribution is -0.124. The Bertz CT molecular complexity index is 1050. The number of rotatable bonds is 12. The molecular formula is C23H36N6O5S. The maximum atomic E-state index is 13.3. The van der Waals surface area contributed by atoms with Crippen LogP contribution in [0.4, 0.5) is 10.5 Å². The molecule has 0 saturated carbocycles. The van der Waals surface area contributed by atoms with Gasteiger partial charge in [0.15, 0.2) is 5.72 Å². The standard InChI is InChI=1S/C23H36N6O5S/c1-6-16-13-25-20(26-16)18(12-15-7-9-17(10-8-15)29-35(32)33)27-21(30)19(11-14(2)3)28-22(31)34-23(4,5)24/h7-10,13-14,18-19,35H,6,11-12,24H2,1-5H3,(H,25,26)(H,27,30)(H,28,31)(H,29,32,33)/t18-,19-/m0/s1. The molecule has 0 radical (unpaired) electrons. The number of carbonyl (C=O) groups excluding carboxylic acids is 2. The van der Waals surface area contributed by atoms with Gasteiger partial charge in [0.1, 0.15) is 11.9 Å². The highest BCUT2D eigenvalue weighted by Crippen LogP contribution is 2.19. The molecule has 0 bridgehead atoms. The van der Waals surface area contributed by atoms with Gasteiger partial charge in [0, 0.05) is 11.9 Å². The summed E-state index contributed by atoms with van der Waals surface area (Å²) in [7, 11) is -2.76. The number of anilines is 1. The lowest BCUT2D eigenvalue weighted by Crippen LogP contribution is -2.51. The smallest absolute Gasteiger partial charge is 0.409 e. The van der Waals surface area contributed by atoms with Crippen LogP contribution in [-0.2, 0) is 33.3 Å². The van der Waals surface area contributed by atoms with Crippen molar-refractivity contribution in [3.63, 3.8) is 0 Å². The predicted octanol–water partition coefficient (Wildman–Crippen LogP) is 2.15. The molecule has 0 aliphatic heterocycles. The number of amides is 2. The molecule has 0 aliphatic rings. The Morgan fingerprint density at radius 1 is 1.17 bits per heavy atom. The number of aromatic amines is 1. The number of hydrogen-bond donors (Lipinski definition) is 6. The van der Waals surface area contributed by atoms with Crippen LogP contribution in [0.15, 0.2) is 30.5 Å². The van der Waals surface area contributed by atoms with Crippen LogP contribution in [0.3, 0.4) is 0 Å². The van der Waals surface area contributed by atoms with Crippen LogP contribution < -0.4 is 21.1 Å². The molecular weight excluding hydrogens is 472 g/mol. The molecule has 2 atom stereocenters. The number of hydrogen-bond acceptors (Lipinski definition) is 7. The van der Waals surface area contributed by atoms with Crippen molar-refractivity contribution in [3.8, 4) is 0 Å². The van der Waals surface area contributed by atoms with Crippen molar-refractivity contribution < 1.29 is 22.7 Å². The van der Waals surface area contributed by atoms with Gasteiger partial charge in [0.05, 0.1) is 11.7 Å². The van der Waals surface area contributed by atoms with E-state index in [1.54, 1.807) is 44.3 Å². The summed E-state index contributed by atoms with van der Waals surface area (Å²) >= 11 is 0. The number of ether oxygens (including phenoxy) is 1. The second kappa shape index (κ2) is 12.5. The molecule has 194 valence electrons. The summed E-state index contributed by atoms with van der Waals surface area (Å²) in [4.78, 5) is 33.3. The summed E-state index contributed by atoms with van der Waals surface area (Å²) in [6.07, 6.45) is 2.52. The van der Waals surface area contributed by atoms with E-state index in [4.69, 9.17) is 10.5 Å². The minimum absolute atomic E-state index is 0.123. The van der Waals surface area contributed by atoms with Crippen LogP contribution in [0.5, 0.6) is 0 Å². The van der Waals surface area contributed by atoms with Gasteiger partial charge >= 0.3 is 6.09 Å². The van der Waals surface area contributed by atoms with E-state index >= 15 is 0 Å². The van der Waals surface area contributed by atoms with E-state index in [9.17, 15) is 18.0 Å². The number of imidazole rings is 1. The summed E-state index contributed by atoms with van der Waals surface area (Å²) < 4.78 is 29.2. The summed E-state index contributed by atoms with van der Waals surface area (Å²) in [5.74, 6) is 0.318. The second-order valence-electron chi connectivity index (χ2n) is 9.28. The van der Waals surface area contributed by atoms with Gasteiger partial charge in [0.2, 0.25) is 16.8 Å². The molecule has 35 heavy (non-hydrogen) atoms. The van der Waals surface area contributed by atoms with Crippen LogP contribution in [0.25, 0.3) is 0 Å². The topological polar surface area (TPSA) is 168 Å². The molecule has 2 amide bonds. The fourth-order valence-corrected chi connectivity index (χ4v) is 3.75. The van der Waals surface area contributed by atoms with E-state index < -0.39 is 34.8 Å². The summed E-state index contributed by atoms with van der Waals surface area (Å²) in [6.45, 7) is 8.95. The average Bonchev–Trinajstić information content (AvgIpc) is 3.21. The van der Waals surface area contributed by atoms with Crippen LogP contribution in [0.2, 0.25) is 0 Å². The molecule has 0 aliphatic carbocycles. The molecule has 0 spiro atoms. The van der Waals surface area contributed by atoms with Crippen molar-refractivity contribution in [1.29, 1.82) is 0 Å². The first-order valence-corrected chi connectivity index (χ1v) is 12.7. The molecule has 2 aromatic rings. The number of carbonyl (C=O) groups is 2. The first-order valence-electron chi connectivity index (χ1n) is 11.5. The first kappa shape index (κ1) is 28.1. The van der Waals surface area contributed by atoms with Gasteiger partial charge in [-0.15, -0.1) is 0 Å². The van der Waals surface area contributed by atoms with Gasteiger partial charge in [-0.25, -0.2) is 18.2 Å². The SMILES string of the molecule is CCc1c[nH]c([C@H](Cc2ccc(N[SH](=O)=O)cc2)NC(=O)[C@H](CC(C)C)NC(=O)OC(C)(C)N)n1. The van der Waals surface area contributed by atoms with E-state index in [0.29, 0.717) is 24.4 Å². The van der Waals surface area contributed by atoms with E-state index in [0.717, 1.165) is 17.7 Å². The Labute approximate surface area is 207 Å². The maximum absolute atomic E-state index is 13.3. The summed E-state index contributed by atoms with van der Waals surface area (Å²) in [5.41, 5.74) is 6.72. The zero-order valence-electron chi connectivity index (χ0n) is 20.8. The van der Waals surface area contributed by atoms with Crippen LogP contribution in [0.1, 0.15) is 64.2 Å². The fraction of sp³-hybridized carbons (Fsp3) is 0.522. The van der Waals surface area contributed by atoms with Crippen molar-refractivity contribution in [2.75, 3.05) is 4.72 Å². The Morgan fingerprint density at radius 3 is 2.34 bits per heavy atom. The van der Waals surface area contributed by atoms with Gasteiger partial charge in [-0.3, -0.25) is 15.3 Å². The molecule has 1 aromatic carbocycles. The molecule has 1 heterocycles. The third-order valence-corrected chi connectivity index (χ3v) is 5.39. The number of aromatic nitrogens is 2. The predicted molar refractivity (Wildman–Crippen MR) is 134 cm³/mol. The highest BCUT2D eigenvalue weighted by molar-refractivity contribution is 7.73. The molecule has 11 nitrogen and oxygen atoms in total. The van der Waals surface area contributed by atoms with E-state index in [2.05, 4.69) is 25.3 Å². The third kappa shape index (κ3) is 9.95. The Kier molecular flexibility index (Phi) is 10.1. The van der Waals surface area contributed by atoms with Gasteiger partial charge < -0.3 is 20.4 Å². The van der Waals surface area contributed by atoms with Crippen LogP contribution >= 0.6 is 0 Å². The average molecular weight is 509 g/mol. The van der Waals surface area contributed by atoms with Crippen LogP contribution in [-0.4, -0.2) is 42.2 Å². The van der Waals surface area contributed by atoms with Crippen molar-refractivity contribution in [2.45, 2.75) is 71.7 Å². The quantitative estimate of drug-likeness (QED) is 0.188. The molecule has 1 aromatic heterocycles. The highest BCUT2D eigenvalue weighted by atomic mass is 32.2. The van der Waals surface area contributed by atoms with E-state index in [1.165, 1.54) is 0 Å². The van der Waals surface area contributed by atoms with E-state index in [-0.39, 0.29) is 11.8 Å². The Morgan fingerprint density at radius 2 is 1.83 bits per heavy atom. The summed E-state index contributed by atoms with van der Waals surface area (Å²) in [6, 6.07) is 5.48. The number of benzene rings is 1. The van der Waals surface area contributed by atoms with Gasteiger partial charge in [-0.05, 0) is 56.7 Å². The molecule has 0 fully saturated rings. The van der Waals surface area contributed by atoms with Crippen molar-refractivity contribution >= 4 is 28.6 Å². The minimum Gasteiger partial charge on any atom is -0.429 e. The van der Waals surface area contributed by atoms with Gasteiger partial charge in [0.25, 0.3) is 0 Å². The number of thiol groups is 1. The molecule has 2 rings (SSSR count). The third-order valence-electron chi connectivity index (χ3n) is 4.95. The Hall–Kier alpha value is -3.12. The van der Waals surface area contributed by atoms with Gasteiger partial charge in [-0.1, -0.05) is 32.9 Å². The van der Waals surface area contributed by atoms with Crippen LogP contribution in [0, 0.1) is 5.92 Å². The number of H-pyrrole nitrogens is 1. The zero-order valence-corrected chi connectivity index (χ0v) is 21.6. The number of aryl methyl sites for hydroxylation is 1. The van der Waals surface area contributed by atoms with Crippen molar-refractivity contribution in [1.82, 2.24) is 20.6 Å². The largest absolute Gasteiger partial charge is 0.429 e. The minimum atomic E-state index is -2.76. The molecule has 0 saturated heterocycles. The number of alkyl carbamates (subject to hydrolysis) is 1. The number of nitrogens with one attached hydrogen (secondary N) is 4. The number of nitrogens with zero attached hydrogens (tertiary/aromatic N) is 1. The van der Waals surface area contributed by atoms with Gasteiger partial charge in [-0.2, -0.15) is 0 Å². The lowest BCUT2D eigenvalue weighted by atomic mass is 10.0. The van der Waals surface area contributed by atoms with E-state index in [1.807, 2.05) is 20.8 Å². The second-order valence-corrected chi connectivity index (χ2v) is 10.0. The highest BCUT2D eigenvalue weighted by Gasteiger charge is 2.28. The zero-order chi connectivity index (χ0) is 26.2. The molecule has 6 N–H and O–H groups in total. The van der Waals surface area contributed by atoms with Crippen molar-refractivity contribution in [3.05, 3.63) is 47.5 Å². The fourth-order valence-electron chi connectivity index (χ4n) is 3.39. The summed E-state index contributed by atoms with van der Waals surface area (Å²) in [5, 5.41) is 5.61. The van der Waals surface area contributed by atoms with Crippen molar-refractivity contribution in [2.24, 2.45) is 11.7 Å². The molecule has 0 unspecified atom stereocenters. The number of nitrogens with two attached hydrogens (primary N) is 1. The Balaban J connectivity index is 2.24. The lowest BCUT2D eigenvalue weighted by Gasteiger charge is -2.26. The normalized spacial score (nSPS) is 13.4. The monoisotopic (exact) mass is 508 g/mol.